The fraction of sp³-hybridized carbons (Fsp3) is 0.722. The summed E-state index contributed by atoms with van der Waals surface area (Å²) in [5, 5.41) is 6.93. The Morgan fingerprint density at radius 3 is 2.50 bits per heavy atom. The van der Waals surface area contributed by atoms with Crippen LogP contribution in [0.2, 0.25) is 0 Å². The largest absolute Gasteiger partial charge is 0.356 e. The van der Waals surface area contributed by atoms with Crippen molar-refractivity contribution in [1.82, 2.24) is 15.5 Å². The van der Waals surface area contributed by atoms with Crippen molar-refractivity contribution in [3.8, 4) is 0 Å². The molecule has 0 aliphatic carbocycles. The van der Waals surface area contributed by atoms with Crippen molar-refractivity contribution in [2.24, 2.45) is 10.9 Å². The number of piperidine rings is 1. The standard InChI is InChI=1S/C18H32N4S.HI/c1-4-10-22-11-8-15(9-12-22)13-20-18(19-3)21-14-17-7-6-16(5-2)23-17;/h6-7,15H,4-5,8-14H2,1-3H3,(H2,19,20,21);1H. The lowest BCUT2D eigenvalue weighted by Gasteiger charge is -2.32. The number of likely N-dealkylation sites (tertiary alicyclic amines) is 1. The summed E-state index contributed by atoms with van der Waals surface area (Å²) in [6, 6.07) is 4.44. The van der Waals surface area contributed by atoms with Gasteiger partial charge in [-0.05, 0) is 63.4 Å². The first kappa shape index (κ1) is 21.7. The number of aliphatic imine (C=N–C) groups is 1. The highest BCUT2D eigenvalue weighted by Gasteiger charge is 2.18. The van der Waals surface area contributed by atoms with Crippen LogP contribution in [0, 0.1) is 5.92 Å². The first-order chi connectivity index (χ1) is 11.2. The Morgan fingerprint density at radius 1 is 1.21 bits per heavy atom. The Balaban J connectivity index is 0.00000288. The molecule has 1 fully saturated rings. The topological polar surface area (TPSA) is 39.7 Å². The van der Waals surface area contributed by atoms with Crippen LogP contribution in [0.1, 0.15) is 42.9 Å². The maximum absolute atomic E-state index is 4.35. The lowest BCUT2D eigenvalue weighted by molar-refractivity contribution is 0.185. The first-order valence-corrected chi connectivity index (χ1v) is 9.81. The van der Waals surface area contributed by atoms with E-state index in [1.807, 2.05) is 18.4 Å². The molecule has 24 heavy (non-hydrogen) atoms. The lowest BCUT2D eigenvalue weighted by Crippen LogP contribution is -2.42. The highest BCUT2D eigenvalue weighted by molar-refractivity contribution is 14.0. The predicted molar refractivity (Wildman–Crippen MR) is 117 cm³/mol. The monoisotopic (exact) mass is 464 g/mol. The number of hydrogen-bond donors (Lipinski definition) is 2. The second-order valence-electron chi connectivity index (χ2n) is 6.31. The normalized spacial score (nSPS) is 16.7. The molecule has 1 aromatic heterocycles. The van der Waals surface area contributed by atoms with Crippen LogP contribution in [0.5, 0.6) is 0 Å². The molecule has 4 nitrogen and oxygen atoms in total. The average Bonchev–Trinajstić information content (AvgIpc) is 3.05. The van der Waals surface area contributed by atoms with Crippen molar-refractivity contribution in [3.05, 3.63) is 21.9 Å². The van der Waals surface area contributed by atoms with E-state index in [0.717, 1.165) is 31.4 Å². The van der Waals surface area contributed by atoms with Gasteiger partial charge in [-0.1, -0.05) is 13.8 Å². The molecule has 1 aromatic rings. The molecule has 1 aliphatic rings. The number of thiophene rings is 1. The second kappa shape index (κ2) is 12.1. The van der Waals surface area contributed by atoms with E-state index in [1.165, 1.54) is 48.7 Å². The summed E-state index contributed by atoms with van der Waals surface area (Å²) < 4.78 is 0. The molecule has 1 saturated heterocycles. The van der Waals surface area contributed by atoms with Gasteiger partial charge in [0.15, 0.2) is 5.96 Å². The molecule has 0 bridgehead atoms. The molecule has 1 aliphatic heterocycles. The number of aryl methyl sites for hydroxylation is 1. The van der Waals surface area contributed by atoms with Crippen LogP contribution in [0.15, 0.2) is 17.1 Å². The lowest BCUT2D eigenvalue weighted by atomic mass is 9.97. The van der Waals surface area contributed by atoms with Gasteiger partial charge in [0.25, 0.3) is 0 Å². The smallest absolute Gasteiger partial charge is 0.191 e. The van der Waals surface area contributed by atoms with E-state index in [9.17, 15) is 0 Å². The predicted octanol–water partition coefficient (Wildman–Crippen LogP) is 3.72. The van der Waals surface area contributed by atoms with E-state index >= 15 is 0 Å². The number of nitrogens with zero attached hydrogens (tertiary/aromatic N) is 2. The zero-order chi connectivity index (χ0) is 16.5. The van der Waals surface area contributed by atoms with Crippen LogP contribution in [0.3, 0.4) is 0 Å². The first-order valence-electron chi connectivity index (χ1n) is 8.99. The van der Waals surface area contributed by atoms with Gasteiger partial charge in [-0.25, -0.2) is 0 Å². The van der Waals surface area contributed by atoms with Crippen LogP contribution in [-0.4, -0.2) is 44.1 Å². The summed E-state index contributed by atoms with van der Waals surface area (Å²) in [5.41, 5.74) is 0. The van der Waals surface area contributed by atoms with E-state index in [1.54, 1.807) is 0 Å². The maximum atomic E-state index is 4.35. The fourth-order valence-electron chi connectivity index (χ4n) is 3.07. The summed E-state index contributed by atoms with van der Waals surface area (Å²) >= 11 is 1.89. The molecular weight excluding hydrogens is 431 g/mol. The minimum atomic E-state index is 0. The van der Waals surface area contributed by atoms with Crippen LogP contribution >= 0.6 is 35.3 Å². The Morgan fingerprint density at radius 2 is 1.92 bits per heavy atom. The second-order valence-corrected chi connectivity index (χ2v) is 7.57. The Hall–Kier alpha value is -0.340. The number of nitrogens with one attached hydrogen (secondary N) is 2. The maximum Gasteiger partial charge on any atom is 0.191 e. The van der Waals surface area contributed by atoms with Gasteiger partial charge in [0.1, 0.15) is 0 Å². The van der Waals surface area contributed by atoms with Gasteiger partial charge in [0.05, 0.1) is 6.54 Å². The molecule has 0 atom stereocenters. The van der Waals surface area contributed by atoms with Crippen LogP contribution < -0.4 is 10.6 Å². The summed E-state index contributed by atoms with van der Waals surface area (Å²) in [6.07, 6.45) is 4.99. The summed E-state index contributed by atoms with van der Waals surface area (Å²) in [6.45, 7) is 10.1. The number of halogens is 1. The fourth-order valence-corrected chi connectivity index (χ4v) is 3.97. The molecule has 0 spiro atoms. The molecule has 2 N–H and O–H groups in total. The third-order valence-electron chi connectivity index (χ3n) is 4.52. The van der Waals surface area contributed by atoms with Gasteiger partial charge in [0, 0.05) is 23.3 Å². The SMILES string of the molecule is CCCN1CCC(CNC(=NC)NCc2ccc(CC)s2)CC1.I. The van der Waals surface area contributed by atoms with Gasteiger partial charge in [-0.3, -0.25) is 4.99 Å². The van der Waals surface area contributed by atoms with Gasteiger partial charge in [-0.15, -0.1) is 35.3 Å². The van der Waals surface area contributed by atoms with Gasteiger partial charge in [-0.2, -0.15) is 0 Å². The summed E-state index contributed by atoms with van der Waals surface area (Å²) in [4.78, 5) is 9.76. The van der Waals surface area contributed by atoms with Gasteiger partial charge < -0.3 is 15.5 Å². The number of hydrogen-bond acceptors (Lipinski definition) is 3. The quantitative estimate of drug-likeness (QED) is 0.367. The molecule has 0 aromatic carbocycles. The van der Waals surface area contributed by atoms with E-state index in [-0.39, 0.29) is 24.0 Å². The molecule has 0 unspecified atom stereocenters. The van der Waals surface area contributed by atoms with Crippen LogP contribution in [-0.2, 0) is 13.0 Å². The molecular formula is C18H33IN4S. The van der Waals surface area contributed by atoms with Gasteiger partial charge >= 0.3 is 0 Å². The Bertz CT molecular complexity index is 481. The summed E-state index contributed by atoms with van der Waals surface area (Å²) in [5.74, 6) is 1.70. The Labute approximate surface area is 168 Å². The van der Waals surface area contributed by atoms with Crippen molar-refractivity contribution in [2.45, 2.75) is 46.1 Å². The zero-order valence-electron chi connectivity index (χ0n) is 15.3. The van der Waals surface area contributed by atoms with Gasteiger partial charge in [0.2, 0.25) is 0 Å². The van der Waals surface area contributed by atoms with E-state index in [2.05, 4.69) is 46.5 Å². The zero-order valence-corrected chi connectivity index (χ0v) is 18.5. The molecule has 2 heterocycles. The minimum Gasteiger partial charge on any atom is -0.356 e. The molecule has 138 valence electrons. The van der Waals surface area contributed by atoms with Crippen molar-refractivity contribution in [3.63, 3.8) is 0 Å². The van der Waals surface area contributed by atoms with Crippen LogP contribution in [0.25, 0.3) is 0 Å². The highest BCUT2D eigenvalue weighted by Crippen LogP contribution is 2.17. The highest BCUT2D eigenvalue weighted by atomic mass is 127. The van der Waals surface area contributed by atoms with E-state index in [0.29, 0.717) is 0 Å². The number of rotatable bonds is 7. The Kier molecular flexibility index (Phi) is 10.9. The minimum absolute atomic E-state index is 0. The van der Waals surface area contributed by atoms with E-state index < -0.39 is 0 Å². The molecule has 0 saturated carbocycles. The molecule has 2 rings (SSSR count). The van der Waals surface area contributed by atoms with Crippen LogP contribution in [0.4, 0.5) is 0 Å². The van der Waals surface area contributed by atoms with Crippen molar-refractivity contribution < 1.29 is 0 Å². The average molecular weight is 464 g/mol. The summed E-state index contributed by atoms with van der Waals surface area (Å²) in [7, 11) is 1.85. The third-order valence-corrected chi connectivity index (χ3v) is 5.75. The van der Waals surface area contributed by atoms with E-state index in [4.69, 9.17) is 0 Å². The van der Waals surface area contributed by atoms with Crippen molar-refractivity contribution in [1.29, 1.82) is 0 Å². The van der Waals surface area contributed by atoms with Crippen molar-refractivity contribution in [2.75, 3.05) is 33.2 Å². The molecule has 0 radical (unpaired) electrons. The molecule has 6 heteroatoms. The third kappa shape index (κ3) is 7.27. The number of guanidine groups is 1. The molecule has 0 amide bonds. The van der Waals surface area contributed by atoms with Crippen molar-refractivity contribution >= 4 is 41.3 Å².